The molecule has 3 heteroatoms. The van der Waals surface area contributed by atoms with E-state index in [0.29, 0.717) is 5.92 Å². The molecule has 1 atom stereocenters. The van der Waals surface area contributed by atoms with E-state index in [2.05, 4.69) is 4.90 Å². The Hall–Kier alpha value is -1.09. The number of nitrogens with two attached hydrogens (primary N) is 1. The summed E-state index contributed by atoms with van der Waals surface area (Å²) in [5.74, 6) is 0.472. The van der Waals surface area contributed by atoms with Gasteiger partial charge in [-0.3, -0.25) is 0 Å². The molecule has 1 unspecified atom stereocenters. The van der Waals surface area contributed by atoms with Gasteiger partial charge in [-0.1, -0.05) is 12.8 Å². The lowest BCUT2D eigenvalue weighted by atomic mass is 9.98. The van der Waals surface area contributed by atoms with E-state index in [1.807, 2.05) is 7.05 Å². The Morgan fingerprint density at radius 1 is 1.29 bits per heavy atom. The first kappa shape index (κ1) is 12.4. The van der Waals surface area contributed by atoms with Crippen molar-refractivity contribution in [1.29, 1.82) is 0 Å². The molecule has 0 spiro atoms. The molecule has 0 heterocycles. The molecular formula is C14H21FN2. The second kappa shape index (κ2) is 5.50. The number of anilines is 1. The average molecular weight is 236 g/mol. The Balaban J connectivity index is 1.91. The van der Waals surface area contributed by atoms with Crippen LogP contribution in [0.1, 0.15) is 25.7 Å². The van der Waals surface area contributed by atoms with Crippen LogP contribution in [0.3, 0.4) is 0 Å². The SMILES string of the molecule is CN(CC(N)C1CCCC1)c1ccc(F)cc1. The van der Waals surface area contributed by atoms with Crippen LogP contribution >= 0.6 is 0 Å². The van der Waals surface area contributed by atoms with Crippen LogP contribution in [0.15, 0.2) is 24.3 Å². The van der Waals surface area contributed by atoms with Gasteiger partial charge in [0.25, 0.3) is 0 Å². The normalized spacial score (nSPS) is 18.3. The van der Waals surface area contributed by atoms with Crippen molar-refractivity contribution in [3.63, 3.8) is 0 Å². The molecule has 1 aliphatic rings. The van der Waals surface area contributed by atoms with Gasteiger partial charge in [-0.25, -0.2) is 4.39 Å². The van der Waals surface area contributed by atoms with E-state index in [1.165, 1.54) is 37.8 Å². The van der Waals surface area contributed by atoms with Gasteiger partial charge in [0, 0.05) is 25.3 Å². The van der Waals surface area contributed by atoms with Gasteiger partial charge in [0.15, 0.2) is 0 Å². The van der Waals surface area contributed by atoms with Crippen LogP contribution < -0.4 is 10.6 Å². The second-order valence-corrected chi connectivity index (χ2v) is 5.07. The summed E-state index contributed by atoms with van der Waals surface area (Å²) in [6, 6.07) is 6.82. The van der Waals surface area contributed by atoms with Gasteiger partial charge in [-0.15, -0.1) is 0 Å². The zero-order valence-electron chi connectivity index (χ0n) is 10.4. The first-order valence-electron chi connectivity index (χ1n) is 6.39. The molecule has 1 fully saturated rings. The fraction of sp³-hybridized carbons (Fsp3) is 0.571. The molecule has 1 aromatic rings. The number of hydrogen-bond acceptors (Lipinski definition) is 2. The van der Waals surface area contributed by atoms with Crippen molar-refractivity contribution in [3.8, 4) is 0 Å². The van der Waals surface area contributed by atoms with Gasteiger partial charge in [0.1, 0.15) is 5.82 Å². The van der Waals surface area contributed by atoms with Gasteiger partial charge in [0.2, 0.25) is 0 Å². The van der Waals surface area contributed by atoms with Crippen LogP contribution in [0, 0.1) is 11.7 Å². The Labute approximate surface area is 103 Å². The lowest BCUT2D eigenvalue weighted by Gasteiger charge is -2.26. The van der Waals surface area contributed by atoms with E-state index in [1.54, 1.807) is 12.1 Å². The molecule has 17 heavy (non-hydrogen) atoms. The smallest absolute Gasteiger partial charge is 0.123 e. The van der Waals surface area contributed by atoms with Crippen molar-refractivity contribution < 1.29 is 4.39 Å². The summed E-state index contributed by atoms with van der Waals surface area (Å²) in [5.41, 5.74) is 7.26. The van der Waals surface area contributed by atoms with Gasteiger partial charge in [-0.2, -0.15) is 0 Å². The van der Waals surface area contributed by atoms with Crippen LogP contribution in [0.25, 0.3) is 0 Å². The Kier molecular flexibility index (Phi) is 4.00. The molecule has 0 bridgehead atoms. The highest BCUT2D eigenvalue weighted by atomic mass is 19.1. The standard InChI is InChI=1S/C14H21FN2/c1-17(13-8-6-12(15)7-9-13)10-14(16)11-4-2-3-5-11/h6-9,11,14H,2-5,10,16H2,1H3. The minimum atomic E-state index is -0.192. The zero-order chi connectivity index (χ0) is 12.3. The summed E-state index contributed by atoms with van der Waals surface area (Å²) in [7, 11) is 2.02. The molecule has 1 aliphatic carbocycles. The largest absolute Gasteiger partial charge is 0.373 e. The topological polar surface area (TPSA) is 29.3 Å². The van der Waals surface area contributed by atoms with E-state index in [0.717, 1.165) is 12.2 Å². The van der Waals surface area contributed by atoms with E-state index in [9.17, 15) is 4.39 Å². The van der Waals surface area contributed by atoms with Crippen LogP contribution in [-0.2, 0) is 0 Å². The summed E-state index contributed by atoms with van der Waals surface area (Å²) < 4.78 is 12.8. The second-order valence-electron chi connectivity index (χ2n) is 5.07. The predicted molar refractivity (Wildman–Crippen MR) is 69.6 cm³/mol. The Morgan fingerprint density at radius 2 is 1.88 bits per heavy atom. The third-order valence-electron chi connectivity index (χ3n) is 3.76. The summed E-state index contributed by atoms with van der Waals surface area (Å²) in [6.45, 7) is 0.844. The summed E-state index contributed by atoms with van der Waals surface area (Å²) in [5, 5.41) is 0. The van der Waals surface area contributed by atoms with Crippen molar-refractivity contribution in [2.45, 2.75) is 31.7 Å². The maximum absolute atomic E-state index is 12.8. The van der Waals surface area contributed by atoms with Crippen molar-refractivity contribution in [2.75, 3.05) is 18.5 Å². The molecule has 94 valence electrons. The van der Waals surface area contributed by atoms with E-state index in [4.69, 9.17) is 5.73 Å². The van der Waals surface area contributed by atoms with Gasteiger partial charge >= 0.3 is 0 Å². The lowest BCUT2D eigenvalue weighted by molar-refractivity contribution is 0.433. The maximum Gasteiger partial charge on any atom is 0.123 e. The van der Waals surface area contributed by atoms with E-state index < -0.39 is 0 Å². The fourth-order valence-corrected chi connectivity index (χ4v) is 2.65. The van der Waals surface area contributed by atoms with Crippen LogP contribution in [0.4, 0.5) is 10.1 Å². The number of nitrogens with zero attached hydrogens (tertiary/aromatic N) is 1. The molecule has 1 saturated carbocycles. The van der Waals surface area contributed by atoms with E-state index in [-0.39, 0.29) is 11.9 Å². The molecular weight excluding hydrogens is 215 g/mol. The number of rotatable bonds is 4. The number of benzene rings is 1. The molecule has 2 nitrogen and oxygen atoms in total. The van der Waals surface area contributed by atoms with Crippen LogP contribution in [0.5, 0.6) is 0 Å². The summed E-state index contributed by atoms with van der Waals surface area (Å²) in [6.07, 6.45) is 5.16. The number of hydrogen-bond donors (Lipinski definition) is 1. The third kappa shape index (κ3) is 3.19. The molecule has 0 saturated heterocycles. The number of likely N-dealkylation sites (N-methyl/N-ethyl adjacent to an activating group) is 1. The van der Waals surface area contributed by atoms with Crippen molar-refractivity contribution in [3.05, 3.63) is 30.1 Å². The molecule has 2 rings (SSSR count). The molecule has 1 aromatic carbocycles. The van der Waals surface area contributed by atoms with Crippen LogP contribution in [0.2, 0.25) is 0 Å². The monoisotopic (exact) mass is 236 g/mol. The quantitative estimate of drug-likeness (QED) is 0.871. The fourth-order valence-electron chi connectivity index (χ4n) is 2.65. The minimum Gasteiger partial charge on any atom is -0.373 e. The average Bonchev–Trinajstić information content (AvgIpc) is 2.83. The van der Waals surface area contributed by atoms with Crippen molar-refractivity contribution in [1.82, 2.24) is 0 Å². The minimum absolute atomic E-state index is 0.192. The van der Waals surface area contributed by atoms with Crippen molar-refractivity contribution >= 4 is 5.69 Å². The van der Waals surface area contributed by atoms with E-state index >= 15 is 0 Å². The molecule has 0 aliphatic heterocycles. The summed E-state index contributed by atoms with van der Waals surface area (Å²) in [4.78, 5) is 2.11. The Bertz CT molecular complexity index is 344. The first-order chi connectivity index (χ1) is 8.16. The Morgan fingerprint density at radius 3 is 2.47 bits per heavy atom. The van der Waals surface area contributed by atoms with Gasteiger partial charge in [0.05, 0.1) is 0 Å². The third-order valence-corrected chi connectivity index (χ3v) is 3.76. The molecule has 2 N–H and O–H groups in total. The van der Waals surface area contributed by atoms with Gasteiger partial charge < -0.3 is 10.6 Å². The number of halogens is 1. The highest BCUT2D eigenvalue weighted by molar-refractivity contribution is 5.45. The summed E-state index contributed by atoms with van der Waals surface area (Å²) >= 11 is 0. The van der Waals surface area contributed by atoms with Crippen LogP contribution in [-0.4, -0.2) is 19.6 Å². The molecule has 0 radical (unpaired) electrons. The molecule has 0 aromatic heterocycles. The predicted octanol–water partition coefficient (Wildman–Crippen LogP) is 2.78. The highest BCUT2D eigenvalue weighted by Gasteiger charge is 2.22. The van der Waals surface area contributed by atoms with Gasteiger partial charge in [-0.05, 0) is 43.0 Å². The highest BCUT2D eigenvalue weighted by Crippen LogP contribution is 2.27. The van der Waals surface area contributed by atoms with Crippen molar-refractivity contribution in [2.24, 2.45) is 11.7 Å². The maximum atomic E-state index is 12.8. The molecule has 0 amide bonds. The first-order valence-corrected chi connectivity index (χ1v) is 6.39. The lowest BCUT2D eigenvalue weighted by Crippen LogP contribution is -2.40. The zero-order valence-corrected chi connectivity index (χ0v) is 10.4.